The molecular formula is C22H21NO7S. The highest BCUT2D eigenvalue weighted by Crippen LogP contribution is 2.38. The molecule has 0 aliphatic rings. The summed E-state index contributed by atoms with van der Waals surface area (Å²) in [7, 11) is 1.49. The molecular weight excluding hydrogens is 422 g/mol. The summed E-state index contributed by atoms with van der Waals surface area (Å²) in [5.74, 6) is -1.15. The second-order valence-electron chi connectivity index (χ2n) is 6.80. The molecule has 4 N–H and O–H groups in total. The van der Waals surface area contributed by atoms with E-state index in [9.17, 15) is 19.5 Å². The molecule has 0 saturated heterocycles. The number of fused-ring (bicyclic) bond motifs is 1. The Balaban J connectivity index is 1.90. The second kappa shape index (κ2) is 9.67. The first-order valence-electron chi connectivity index (χ1n) is 9.33. The van der Waals surface area contributed by atoms with Crippen molar-refractivity contribution >= 4 is 34.5 Å². The molecule has 0 amide bonds. The zero-order valence-corrected chi connectivity index (χ0v) is 17.4. The number of phenolic OH excluding ortho intramolecular Hbond substituents is 1. The van der Waals surface area contributed by atoms with Crippen LogP contribution >= 0.6 is 11.8 Å². The highest BCUT2D eigenvalue weighted by Gasteiger charge is 2.25. The maximum Gasteiger partial charge on any atom is 0.347 e. The first-order chi connectivity index (χ1) is 14.8. The number of methoxy groups -OCH3 is 1. The fourth-order valence-corrected chi connectivity index (χ4v) is 4.23. The van der Waals surface area contributed by atoms with Crippen molar-refractivity contribution in [2.24, 2.45) is 5.73 Å². The van der Waals surface area contributed by atoms with Crippen molar-refractivity contribution in [3.8, 4) is 11.5 Å². The Labute approximate surface area is 181 Å². The summed E-state index contributed by atoms with van der Waals surface area (Å²) in [4.78, 5) is 36.5. The van der Waals surface area contributed by atoms with Crippen LogP contribution in [0.4, 0.5) is 0 Å². The smallest absolute Gasteiger partial charge is 0.347 e. The van der Waals surface area contributed by atoms with Crippen molar-refractivity contribution in [3.63, 3.8) is 0 Å². The van der Waals surface area contributed by atoms with Gasteiger partial charge in [0.1, 0.15) is 28.7 Å². The van der Waals surface area contributed by atoms with Gasteiger partial charge in [-0.3, -0.25) is 9.59 Å². The van der Waals surface area contributed by atoms with Gasteiger partial charge >= 0.3 is 11.6 Å². The van der Waals surface area contributed by atoms with Gasteiger partial charge in [-0.15, -0.1) is 0 Å². The van der Waals surface area contributed by atoms with E-state index in [1.54, 1.807) is 36.4 Å². The summed E-state index contributed by atoms with van der Waals surface area (Å²) in [6, 6.07) is 11.7. The van der Waals surface area contributed by atoms with Gasteiger partial charge in [0.25, 0.3) is 0 Å². The van der Waals surface area contributed by atoms with Crippen LogP contribution in [0.25, 0.3) is 11.0 Å². The Hall–Kier alpha value is -3.30. The number of hydrogen-bond acceptors (Lipinski definition) is 8. The van der Waals surface area contributed by atoms with Crippen LogP contribution in [0, 0.1) is 0 Å². The topological polar surface area (TPSA) is 140 Å². The molecule has 3 aromatic rings. The van der Waals surface area contributed by atoms with Gasteiger partial charge in [-0.2, -0.15) is 11.8 Å². The first-order valence-corrected chi connectivity index (χ1v) is 10.4. The van der Waals surface area contributed by atoms with Crippen LogP contribution in [0.3, 0.4) is 0 Å². The van der Waals surface area contributed by atoms with Crippen LogP contribution in [0.15, 0.2) is 57.7 Å². The highest BCUT2D eigenvalue weighted by atomic mass is 32.2. The van der Waals surface area contributed by atoms with Crippen molar-refractivity contribution in [1.82, 2.24) is 0 Å². The molecule has 9 heteroatoms. The van der Waals surface area contributed by atoms with Crippen molar-refractivity contribution in [3.05, 3.63) is 70.1 Å². The monoisotopic (exact) mass is 443 g/mol. The van der Waals surface area contributed by atoms with Crippen LogP contribution in [0.5, 0.6) is 11.5 Å². The number of para-hydroxylation sites is 1. The van der Waals surface area contributed by atoms with E-state index in [2.05, 4.69) is 0 Å². The number of carbonyl (C=O) groups is 2. The summed E-state index contributed by atoms with van der Waals surface area (Å²) >= 11 is 1.13. The standard InChI is InChI=1S/C22H21NO7S/c1-29-13-7-6-12-8-15(22(28)30-19(12)9-13)18(25)10-20(31-11-16(23)21(26)27)14-4-2-3-5-17(14)24/h2-9,16,20,24H,10-11,23H2,1H3,(H,26,27)/t16-,20?/m0/s1. The van der Waals surface area contributed by atoms with E-state index in [0.717, 1.165) is 11.8 Å². The fourth-order valence-electron chi connectivity index (χ4n) is 3.00. The Bertz CT molecular complexity index is 1170. The van der Waals surface area contributed by atoms with Crippen molar-refractivity contribution in [2.75, 3.05) is 12.9 Å². The van der Waals surface area contributed by atoms with E-state index >= 15 is 0 Å². The maximum atomic E-state index is 13.0. The molecule has 2 aromatic carbocycles. The molecule has 0 spiro atoms. The predicted molar refractivity (Wildman–Crippen MR) is 117 cm³/mol. The van der Waals surface area contributed by atoms with Gasteiger partial charge in [-0.25, -0.2) is 4.79 Å². The molecule has 1 heterocycles. The fraction of sp³-hybridized carbons (Fsp3) is 0.227. The minimum Gasteiger partial charge on any atom is -0.508 e. The average Bonchev–Trinajstić information content (AvgIpc) is 2.75. The molecule has 162 valence electrons. The third kappa shape index (κ3) is 5.25. The number of carbonyl (C=O) groups excluding carboxylic acids is 1. The lowest BCUT2D eigenvalue weighted by Crippen LogP contribution is -2.32. The zero-order valence-electron chi connectivity index (χ0n) is 16.6. The molecule has 0 saturated carbocycles. The summed E-state index contributed by atoms with van der Waals surface area (Å²) < 4.78 is 10.4. The van der Waals surface area contributed by atoms with Gasteiger partial charge in [-0.05, 0) is 24.3 Å². The van der Waals surface area contributed by atoms with E-state index in [-0.39, 0.29) is 23.5 Å². The number of rotatable bonds is 9. The van der Waals surface area contributed by atoms with Crippen molar-refractivity contribution < 1.29 is 29.0 Å². The molecule has 1 aromatic heterocycles. The molecule has 1 unspecified atom stereocenters. The van der Waals surface area contributed by atoms with Crippen LogP contribution in [-0.2, 0) is 4.79 Å². The van der Waals surface area contributed by atoms with Gasteiger partial charge in [0.2, 0.25) is 0 Å². The largest absolute Gasteiger partial charge is 0.508 e. The number of aliphatic carboxylic acids is 1. The Morgan fingerprint density at radius 2 is 1.94 bits per heavy atom. The lowest BCUT2D eigenvalue weighted by atomic mass is 10.0. The Morgan fingerprint density at radius 3 is 2.61 bits per heavy atom. The number of ether oxygens (including phenoxy) is 1. The molecule has 0 bridgehead atoms. The number of carboxylic acids is 1. The molecule has 3 rings (SSSR count). The molecule has 2 atom stereocenters. The molecule has 0 aliphatic heterocycles. The van der Waals surface area contributed by atoms with Crippen LogP contribution in [0.1, 0.15) is 27.6 Å². The van der Waals surface area contributed by atoms with Gasteiger partial charge in [0.05, 0.1) is 7.11 Å². The number of hydrogen-bond donors (Lipinski definition) is 3. The van der Waals surface area contributed by atoms with Crippen molar-refractivity contribution in [2.45, 2.75) is 17.7 Å². The number of carboxylic acid groups (broad SMARTS) is 1. The average molecular weight is 443 g/mol. The number of ketones is 1. The van der Waals surface area contributed by atoms with E-state index in [4.69, 9.17) is 20.0 Å². The second-order valence-corrected chi connectivity index (χ2v) is 8.04. The lowest BCUT2D eigenvalue weighted by molar-refractivity contribution is -0.137. The summed E-state index contributed by atoms with van der Waals surface area (Å²) in [6.07, 6.45) is -0.152. The number of benzene rings is 2. The molecule has 0 aliphatic carbocycles. The van der Waals surface area contributed by atoms with Crippen LogP contribution in [0.2, 0.25) is 0 Å². The first kappa shape index (κ1) is 22.4. The van der Waals surface area contributed by atoms with Crippen molar-refractivity contribution in [1.29, 1.82) is 0 Å². The zero-order chi connectivity index (χ0) is 22.5. The number of Topliss-reactive ketones (excluding diaryl/α,β-unsaturated/α-hetero) is 1. The summed E-state index contributed by atoms with van der Waals surface area (Å²) in [6.45, 7) is 0. The third-order valence-corrected chi connectivity index (χ3v) is 6.07. The highest BCUT2D eigenvalue weighted by molar-refractivity contribution is 7.99. The van der Waals surface area contributed by atoms with E-state index < -0.39 is 28.7 Å². The molecule has 0 fully saturated rings. The quantitative estimate of drug-likeness (QED) is 0.336. The van der Waals surface area contributed by atoms with Gasteiger partial charge in [0, 0.05) is 34.4 Å². The van der Waals surface area contributed by atoms with E-state index in [1.165, 1.54) is 19.2 Å². The SMILES string of the molecule is COc1ccc2cc(C(=O)CC(SC[C@H](N)C(=O)O)c3ccccc3O)c(=O)oc2c1. The van der Waals surface area contributed by atoms with E-state index in [1.807, 2.05) is 0 Å². The van der Waals surface area contributed by atoms with Crippen LogP contribution in [-0.4, -0.2) is 40.9 Å². The molecule has 0 radical (unpaired) electrons. The van der Waals surface area contributed by atoms with Gasteiger partial charge < -0.3 is 25.1 Å². The third-order valence-electron chi connectivity index (χ3n) is 4.69. The summed E-state index contributed by atoms with van der Waals surface area (Å²) in [5.41, 5.74) is 5.43. The number of aromatic hydroxyl groups is 1. The molecule has 8 nitrogen and oxygen atoms in total. The number of thioether (sulfide) groups is 1. The lowest BCUT2D eigenvalue weighted by Gasteiger charge is -2.18. The van der Waals surface area contributed by atoms with Gasteiger partial charge in [-0.1, -0.05) is 18.2 Å². The minimum atomic E-state index is -1.17. The molecule has 31 heavy (non-hydrogen) atoms. The maximum absolute atomic E-state index is 13.0. The summed E-state index contributed by atoms with van der Waals surface area (Å²) in [5, 5.41) is 19.2. The number of nitrogens with two attached hydrogens (primary N) is 1. The van der Waals surface area contributed by atoms with E-state index in [0.29, 0.717) is 22.3 Å². The normalized spacial score (nSPS) is 13.0. The Morgan fingerprint density at radius 1 is 1.19 bits per heavy atom. The van der Waals surface area contributed by atoms with Crippen LogP contribution < -0.4 is 16.1 Å². The number of phenols is 1. The van der Waals surface area contributed by atoms with Gasteiger partial charge in [0.15, 0.2) is 5.78 Å². The Kier molecular flexibility index (Phi) is 6.98. The minimum absolute atomic E-state index is 0.0216. The predicted octanol–water partition coefficient (Wildman–Crippen LogP) is 2.97.